The van der Waals surface area contributed by atoms with Crippen molar-refractivity contribution in [3.63, 3.8) is 0 Å². The molecule has 0 aromatic heterocycles. The van der Waals surface area contributed by atoms with Gasteiger partial charge in [-0.1, -0.05) is 40.5 Å². The minimum atomic E-state index is -1.63. The number of rotatable bonds is 14. The van der Waals surface area contributed by atoms with E-state index < -0.39 is 8.32 Å². The first-order valence-electron chi connectivity index (χ1n) is 8.68. The van der Waals surface area contributed by atoms with E-state index in [1.807, 2.05) is 0 Å². The fraction of sp³-hybridized carbons (Fsp3) is 1.00. The zero-order valence-electron chi connectivity index (χ0n) is 15.7. The summed E-state index contributed by atoms with van der Waals surface area (Å²) in [6.07, 6.45) is 3.62. The third kappa shape index (κ3) is 11.6. The lowest BCUT2D eigenvalue weighted by Crippen LogP contribution is -2.41. The molecule has 0 fully saturated rings. The summed E-state index contributed by atoms with van der Waals surface area (Å²) in [4.78, 5) is 0. The van der Waals surface area contributed by atoms with Gasteiger partial charge in [0, 0.05) is 6.61 Å². The van der Waals surface area contributed by atoms with Crippen molar-refractivity contribution in [3.05, 3.63) is 0 Å². The topological polar surface area (TPSA) is 36.9 Å². The van der Waals surface area contributed by atoms with Crippen LogP contribution in [-0.2, 0) is 18.6 Å². The molecule has 0 atom stereocenters. The number of ether oxygens (including phenoxy) is 3. The van der Waals surface area contributed by atoms with Crippen molar-refractivity contribution in [1.29, 1.82) is 0 Å². The maximum absolute atomic E-state index is 6.04. The molecular weight excluding hydrogens is 296 g/mol. The number of hydrogen-bond acceptors (Lipinski definition) is 4. The van der Waals surface area contributed by atoms with E-state index in [9.17, 15) is 0 Å². The highest BCUT2D eigenvalue weighted by Gasteiger charge is 2.36. The Morgan fingerprint density at radius 3 is 1.59 bits per heavy atom. The van der Waals surface area contributed by atoms with E-state index >= 15 is 0 Å². The van der Waals surface area contributed by atoms with E-state index in [1.165, 1.54) is 12.8 Å². The summed E-state index contributed by atoms with van der Waals surface area (Å²) in [6.45, 7) is 18.2. The van der Waals surface area contributed by atoms with Crippen molar-refractivity contribution in [3.8, 4) is 0 Å². The molecule has 0 aliphatic heterocycles. The molecule has 0 amide bonds. The molecule has 0 radical (unpaired) electrons. The van der Waals surface area contributed by atoms with Crippen molar-refractivity contribution in [1.82, 2.24) is 0 Å². The molecule has 0 bridgehead atoms. The van der Waals surface area contributed by atoms with Crippen molar-refractivity contribution in [2.24, 2.45) is 0 Å². The lowest BCUT2D eigenvalue weighted by Gasteiger charge is -2.36. The van der Waals surface area contributed by atoms with Gasteiger partial charge < -0.3 is 18.6 Å². The number of hydrogen-bond donors (Lipinski definition) is 0. The van der Waals surface area contributed by atoms with Gasteiger partial charge in [0.1, 0.15) is 0 Å². The maximum Gasteiger partial charge on any atom is 0.192 e. The maximum atomic E-state index is 6.04. The first kappa shape index (κ1) is 22.1. The van der Waals surface area contributed by atoms with E-state index in [4.69, 9.17) is 18.6 Å². The quantitative estimate of drug-likeness (QED) is 0.351. The molecule has 0 aromatic carbocycles. The first-order valence-corrected chi connectivity index (χ1v) is 11.6. The molecule has 0 spiro atoms. The van der Waals surface area contributed by atoms with Gasteiger partial charge in [-0.15, -0.1) is 0 Å². The van der Waals surface area contributed by atoms with Gasteiger partial charge in [0.25, 0.3) is 0 Å². The molecule has 0 rings (SSSR count). The van der Waals surface area contributed by atoms with E-state index in [1.54, 1.807) is 0 Å². The second-order valence-corrected chi connectivity index (χ2v) is 12.0. The van der Waals surface area contributed by atoms with Gasteiger partial charge in [0.05, 0.1) is 39.6 Å². The number of unbranched alkanes of at least 4 members (excludes halogenated alkanes) is 2. The summed E-state index contributed by atoms with van der Waals surface area (Å²) < 4.78 is 22.5. The fourth-order valence-corrected chi connectivity index (χ4v) is 2.59. The van der Waals surface area contributed by atoms with Crippen LogP contribution in [0.5, 0.6) is 0 Å². The Hall–Kier alpha value is 0.0569. The molecule has 134 valence electrons. The summed E-state index contributed by atoms with van der Waals surface area (Å²) in [5.74, 6) is 0. The molecule has 0 aliphatic rings. The Morgan fingerprint density at radius 2 is 1.14 bits per heavy atom. The standard InChI is InChI=1S/C17H38O4Si/c1-7-8-9-10-18-11-12-19-13-14-20-15-16-21-22(5,6)17(2,3)4/h7-16H2,1-6H3. The van der Waals surface area contributed by atoms with Crippen LogP contribution in [0.4, 0.5) is 0 Å². The molecule has 0 aromatic rings. The Balaban J connectivity index is 3.28. The molecule has 0 N–H and O–H groups in total. The van der Waals surface area contributed by atoms with Gasteiger partial charge in [-0.25, -0.2) is 0 Å². The largest absolute Gasteiger partial charge is 0.414 e. The van der Waals surface area contributed by atoms with Crippen LogP contribution in [0.25, 0.3) is 0 Å². The Labute approximate surface area is 139 Å². The van der Waals surface area contributed by atoms with Gasteiger partial charge in [-0.2, -0.15) is 0 Å². The summed E-state index contributed by atoms with van der Waals surface area (Å²) >= 11 is 0. The molecule has 0 heterocycles. The van der Waals surface area contributed by atoms with Crippen LogP contribution >= 0.6 is 0 Å². The highest BCUT2D eigenvalue weighted by Crippen LogP contribution is 2.36. The predicted molar refractivity (Wildman–Crippen MR) is 95.1 cm³/mol. The van der Waals surface area contributed by atoms with Crippen LogP contribution in [0.15, 0.2) is 0 Å². The summed E-state index contributed by atoms with van der Waals surface area (Å²) in [5.41, 5.74) is 0. The van der Waals surface area contributed by atoms with Crippen LogP contribution in [0.2, 0.25) is 18.1 Å². The van der Waals surface area contributed by atoms with Crippen molar-refractivity contribution in [2.75, 3.05) is 46.2 Å². The third-order valence-corrected chi connectivity index (χ3v) is 8.67. The second kappa shape index (κ2) is 12.5. The molecule has 0 saturated carbocycles. The smallest absolute Gasteiger partial charge is 0.192 e. The predicted octanol–water partition coefficient (Wildman–Crippen LogP) is 4.25. The first-order chi connectivity index (χ1) is 10.3. The summed E-state index contributed by atoms with van der Waals surface area (Å²) in [6, 6.07) is 0. The van der Waals surface area contributed by atoms with Gasteiger partial charge in [0.2, 0.25) is 0 Å². The molecule has 0 unspecified atom stereocenters. The van der Waals surface area contributed by atoms with Gasteiger partial charge in [-0.05, 0) is 24.6 Å². The average Bonchev–Trinajstić information content (AvgIpc) is 2.42. The molecule has 5 heteroatoms. The Morgan fingerprint density at radius 1 is 0.682 bits per heavy atom. The molecule has 4 nitrogen and oxygen atoms in total. The third-order valence-electron chi connectivity index (χ3n) is 4.13. The second-order valence-electron chi connectivity index (χ2n) is 7.15. The van der Waals surface area contributed by atoms with Crippen LogP contribution in [0.1, 0.15) is 47.0 Å². The zero-order chi connectivity index (χ0) is 16.9. The lowest BCUT2D eigenvalue weighted by atomic mass is 10.2. The minimum Gasteiger partial charge on any atom is -0.414 e. The lowest BCUT2D eigenvalue weighted by molar-refractivity contribution is 0.00804. The Bertz CT molecular complexity index is 252. The SMILES string of the molecule is CCCCCOCCOCCOCCO[Si](C)(C)C(C)(C)C. The summed E-state index contributed by atoms with van der Waals surface area (Å²) in [5, 5.41) is 0.257. The highest BCUT2D eigenvalue weighted by molar-refractivity contribution is 6.74. The Kier molecular flexibility index (Phi) is 12.5. The average molecular weight is 335 g/mol. The molecular formula is C17H38O4Si. The van der Waals surface area contributed by atoms with E-state index in [0.717, 1.165) is 13.0 Å². The van der Waals surface area contributed by atoms with Crippen LogP contribution < -0.4 is 0 Å². The van der Waals surface area contributed by atoms with E-state index in [0.29, 0.717) is 39.6 Å². The van der Waals surface area contributed by atoms with Crippen molar-refractivity contribution >= 4 is 8.32 Å². The van der Waals surface area contributed by atoms with Gasteiger partial charge in [0.15, 0.2) is 8.32 Å². The van der Waals surface area contributed by atoms with Crippen molar-refractivity contribution < 1.29 is 18.6 Å². The minimum absolute atomic E-state index is 0.257. The van der Waals surface area contributed by atoms with Crippen LogP contribution in [-0.4, -0.2) is 54.6 Å². The molecule has 22 heavy (non-hydrogen) atoms. The van der Waals surface area contributed by atoms with Crippen molar-refractivity contribution in [2.45, 2.75) is 65.1 Å². The highest BCUT2D eigenvalue weighted by atomic mass is 28.4. The fourth-order valence-electron chi connectivity index (χ4n) is 1.57. The summed E-state index contributed by atoms with van der Waals surface area (Å²) in [7, 11) is -1.63. The van der Waals surface area contributed by atoms with Gasteiger partial charge >= 0.3 is 0 Å². The molecule has 0 saturated heterocycles. The zero-order valence-corrected chi connectivity index (χ0v) is 16.7. The van der Waals surface area contributed by atoms with Crippen LogP contribution in [0, 0.1) is 0 Å². The van der Waals surface area contributed by atoms with Crippen LogP contribution in [0.3, 0.4) is 0 Å². The van der Waals surface area contributed by atoms with E-state index in [-0.39, 0.29) is 5.04 Å². The molecule has 0 aliphatic carbocycles. The van der Waals surface area contributed by atoms with E-state index in [2.05, 4.69) is 40.8 Å². The van der Waals surface area contributed by atoms with Gasteiger partial charge in [-0.3, -0.25) is 0 Å². The monoisotopic (exact) mass is 334 g/mol. The normalized spacial score (nSPS) is 12.8.